The average molecular weight is 346 g/mol. The highest BCUT2D eigenvalue weighted by molar-refractivity contribution is 7.17. The van der Waals surface area contributed by atoms with Gasteiger partial charge in [0.2, 0.25) is 0 Å². The highest BCUT2D eigenvalue weighted by atomic mass is 32.1. The number of aryl methyl sites for hydroxylation is 1. The molecule has 2 aromatic carbocycles. The fourth-order valence-electron chi connectivity index (χ4n) is 2.82. The summed E-state index contributed by atoms with van der Waals surface area (Å²) in [5.41, 5.74) is 9.97. The minimum Gasteiger partial charge on any atom is -0.399 e. The number of nitrogens with two attached hydrogens (primary N) is 1. The lowest BCUT2D eigenvalue weighted by Gasteiger charge is -2.10. The summed E-state index contributed by atoms with van der Waals surface area (Å²) in [6.07, 6.45) is 0. The summed E-state index contributed by atoms with van der Waals surface area (Å²) in [6.45, 7) is 2.76. The molecule has 0 aliphatic rings. The highest BCUT2D eigenvalue weighted by Crippen LogP contribution is 2.32. The van der Waals surface area contributed by atoms with Gasteiger partial charge in [0.05, 0.1) is 5.39 Å². The number of anilines is 2. The second kappa shape index (κ2) is 6.53. The highest BCUT2D eigenvalue weighted by Gasteiger charge is 2.13. The molecule has 124 valence electrons. The molecule has 0 amide bonds. The molecule has 3 N–H and O–H groups in total. The van der Waals surface area contributed by atoms with Crippen molar-refractivity contribution in [3.8, 4) is 11.4 Å². The van der Waals surface area contributed by atoms with Crippen molar-refractivity contribution >= 4 is 33.1 Å². The second-order valence-electron chi connectivity index (χ2n) is 5.96. The van der Waals surface area contributed by atoms with Crippen molar-refractivity contribution in [2.45, 2.75) is 13.5 Å². The first-order valence-corrected chi connectivity index (χ1v) is 8.98. The molecule has 0 unspecified atom stereocenters. The summed E-state index contributed by atoms with van der Waals surface area (Å²) in [6, 6.07) is 18.0. The Hall–Kier alpha value is -2.92. The van der Waals surface area contributed by atoms with E-state index in [0.29, 0.717) is 6.54 Å². The molecule has 4 nitrogen and oxygen atoms in total. The van der Waals surface area contributed by atoms with Gasteiger partial charge in [-0.15, -0.1) is 11.3 Å². The number of nitrogen functional groups attached to an aromatic ring is 1. The van der Waals surface area contributed by atoms with Crippen molar-refractivity contribution in [1.82, 2.24) is 9.97 Å². The van der Waals surface area contributed by atoms with Gasteiger partial charge in [-0.1, -0.05) is 42.5 Å². The predicted octanol–water partition coefficient (Wildman–Crippen LogP) is 4.86. The van der Waals surface area contributed by atoms with Gasteiger partial charge in [-0.25, -0.2) is 9.97 Å². The fraction of sp³-hybridized carbons (Fsp3) is 0.100. The first-order chi connectivity index (χ1) is 12.2. The Morgan fingerprint density at radius 2 is 1.88 bits per heavy atom. The Bertz CT molecular complexity index is 1020. The molecule has 0 fully saturated rings. The molecule has 25 heavy (non-hydrogen) atoms. The molecule has 0 bridgehead atoms. The standard InChI is InChI=1S/C20H18N4S/c1-13-12-25-20-17(13)19(22-11-14-6-5-9-16(21)10-14)23-18(24-20)15-7-3-2-4-8-15/h2-10,12H,11,21H2,1H3,(H,22,23,24). The minimum absolute atomic E-state index is 0.667. The van der Waals surface area contributed by atoms with Crippen LogP contribution in [0.2, 0.25) is 0 Å². The molecule has 0 saturated carbocycles. The van der Waals surface area contributed by atoms with Gasteiger partial charge in [-0.05, 0) is 35.6 Å². The molecule has 0 saturated heterocycles. The maximum Gasteiger partial charge on any atom is 0.163 e. The van der Waals surface area contributed by atoms with Crippen molar-refractivity contribution in [2.24, 2.45) is 0 Å². The number of benzene rings is 2. The molecule has 0 radical (unpaired) electrons. The summed E-state index contributed by atoms with van der Waals surface area (Å²) in [4.78, 5) is 10.5. The average Bonchev–Trinajstić information content (AvgIpc) is 3.02. The molecule has 0 aliphatic heterocycles. The lowest BCUT2D eigenvalue weighted by molar-refractivity contribution is 1.11. The van der Waals surface area contributed by atoms with Crippen LogP contribution in [0, 0.1) is 6.92 Å². The van der Waals surface area contributed by atoms with Crippen LogP contribution in [0.4, 0.5) is 11.5 Å². The van der Waals surface area contributed by atoms with E-state index in [2.05, 4.69) is 23.7 Å². The van der Waals surface area contributed by atoms with E-state index in [4.69, 9.17) is 15.7 Å². The lowest BCUT2D eigenvalue weighted by atomic mass is 10.2. The van der Waals surface area contributed by atoms with Crippen LogP contribution in [0.3, 0.4) is 0 Å². The van der Waals surface area contributed by atoms with Crippen LogP contribution < -0.4 is 11.1 Å². The molecule has 5 heteroatoms. The second-order valence-corrected chi connectivity index (χ2v) is 6.82. The fourth-order valence-corrected chi connectivity index (χ4v) is 3.74. The van der Waals surface area contributed by atoms with E-state index in [9.17, 15) is 0 Å². The summed E-state index contributed by atoms with van der Waals surface area (Å²) in [5.74, 6) is 1.61. The van der Waals surface area contributed by atoms with Crippen LogP contribution in [-0.4, -0.2) is 9.97 Å². The molecule has 4 rings (SSSR count). The number of fused-ring (bicyclic) bond motifs is 1. The van der Waals surface area contributed by atoms with Crippen LogP contribution in [0.15, 0.2) is 60.0 Å². The van der Waals surface area contributed by atoms with Gasteiger partial charge in [0, 0.05) is 17.8 Å². The van der Waals surface area contributed by atoms with Gasteiger partial charge in [-0.2, -0.15) is 0 Å². The van der Waals surface area contributed by atoms with E-state index in [0.717, 1.165) is 38.7 Å². The largest absolute Gasteiger partial charge is 0.399 e. The van der Waals surface area contributed by atoms with Gasteiger partial charge >= 0.3 is 0 Å². The quantitative estimate of drug-likeness (QED) is 0.518. The van der Waals surface area contributed by atoms with Crippen LogP contribution in [0.5, 0.6) is 0 Å². The maximum absolute atomic E-state index is 5.87. The van der Waals surface area contributed by atoms with E-state index < -0.39 is 0 Å². The first kappa shape index (κ1) is 15.6. The summed E-state index contributed by atoms with van der Waals surface area (Å²) in [7, 11) is 0. The van der Waals surface area contributed by atoms with Crippen molar-refractivity contribution in [1.29, 1.82) is 0 Å². The van der Waals surface area contributed by atoms with E-state index in [1.807, 2.05) is 48.5 Å². The number of aromatic nitrogens is 2. The monoisotopic (exact) mass is 346 g/mol. The Labute approximate surface area is 150 Å². The third kappa shape index (κ3) is 3.19. The number of hydrogen-bond acceptors (Lipinski definition) is 5. The Kier molecular flexibility index (Phi) is 4.07. The number of hydrogen-bond donors (Lipinski definition) is 2. The van der Waals surface area contributed by atoms with Crippen molar-refractivity contribution in [3.63, 3.8) is 0 Å². The molecular formula is C20H18N4S. The third-order valence-corrected chi connectivity index (χ3v) is 5.05. The van der Waals surface area contributed by atoms with E-state index in [-0.39, 0.29) is 0 Å². The Balaban J connectivity index is 1.74. The normalized spacial score (nSPS) is 10.9. The topological polar surface area (TPSA) is 63.8 Å². The smallest absolute Gasteiger partial charge is 0.163 e. The Morgan fingerprint density at radius 3 is 2.68 bits per heavy atom. The van der Waals surface area contributed by atoms with E-state index in [1.165, 1.54) is 5.56 Å². The SMILES string of the molecule is Cc1csc2nc(-c3ccccc3)nc(NCc3cccc(N)c3)c12. The number of rotatable bonds is 4. The molecule has 2 heterocycles. The van der Waals surface area contributed by atoms with Gasteiger partial charge in [-0.3, -0.25) is 0 Å². The van der Waals surface area contributed by atoms with Gasteiger partial charge in [0.25, 0.3) is 0 Å². The Morgan fingerprint density at radius 1 is 1.04 bits per heavy atom. The number of nitrogens with zero attached hydrogens (tertiary/aromatic N) is 2. The van der Waals surface area contributed by atoms with Crippen LogP contribution in [-0.2, 0) is 6.54 Å². The van der Waals surface area contributed by atoms with Crippen molar-refractivity contribution in [3.05, 3.63) is 71.1 Å². The summed E-state index contributed by atoms with van der Waals surface area (Å²) in [5, 5.41) is 6.68. The van der Waals surface area contributed by atoms with Gasteiger partial charge in [0.15, 0.2) is 5.82 Å². The van der Waals surface area contributed by atoms with E-state index >= 15 is 0 Å². The summed E-state index contributed by atoms with van der Waals surface area (Å²) >= 11 is 1.65. The molecule has 4 aromatic rings. The zero-order chi connectivity index (χ0) is 17.2. The van der Waals surface area contributed by atoms with Crippen LogP contribution in [0.1, 0.15) is 11.1 Å². The van der Waals surface area contributed by atoms with Crippen LogP contribution >= 0.6 is 11.3 Å². The minimum atomic E-state index is 0.667. The summed E-state index contributed by atoms with van der Waals surface area (Å²) < 4.78 is 0. The molecule has 0 atom stereocenters. The van der Waals surface area contributed by atoms with Gasteiger partial charge < -0.3 is 11.1 Å². The zero-order valence-corrected chi connectivity index (χ0v) is 14.7. The molecule has 2 aromatic heterocycles. The van der Waals surface area contributed by atoms with Gasteiger partial charge in [0.1, 0.15) is 10.6 Å². The molecular weight excluding hydrogens is 328 g/mol. The zero-order valence-electron chi connectivity index (χ0n) is 13.9. The van der Waals surface area contributed by atoms with Crippen molar-refractivity contribution in [2.75, 3.05) is 11.1 Å². The first-order valence-electron chi connectivity index (χ1n) is 8.10. The molecule has 0 aliphatic carbocycles. The third-order valence-electron chi connectivity index (χ3n) is 4.06. The molecule has 0 spiro atoms. The predicted molar refractivity (Wildman–Crippen MR) is 106 cm³/mol. The lowest BCUT2D eigenvalue weighted by Crippen LogP contribution is -2.04. The number of thiophene rings is 1. The number of nitrogens with one attached hydrogen (secondary N) is 1. The van der Waals surface area contributed by atoms with Crippen LogP contribution in [0.25, 0.3) is 21.6 Å². The maximum atomic E-state index is 5.87. The van der Waals surface area contributed by atoms with Crippen molar-refractivity contribution < 1.29 is 0 Å². The van der Waals surface area contributed by atoms with E-state index in [1.54, 1.807) is 11.3 Å².